The third-order valence-electron chi connectivity index (χ3n) is 2.53. The summed E-state index contributed by atoms with van der Waals surface area (Å²) < 4.78 is 0. The Labute approximate surface area is 84.7 Å². The molecule has 14 heavy (non-hydrogen) atoms. The highest BCUT2D eigenvalue weighted by molar-refractivity contribution is 5.37. The predicted octanol–water partition coefficient (Wildman–Crippen LogP) is 1.79. The molecule has 0 amide bonds. The largest absolute Gasteiger partial charge is 0.384 e. The fourth-order valence-electron chi connectivity index (χ4n) is 1.17. The van der Waals surface area contributed by atoms with E-state index in [4.69, 9.17) is 11.5 Å². The number of nitrogen functional groups attached to an aromatic ring is 2. The number of aromatic nitrogens is 2. The normalized spacial score (nSPS) is 14.0. The van der Waals surface area contributed by atoms with Gasteiger partial charge in [-0.25, -0.2) is 4.98 Å². The highest BCUT2D eigenvalue weighted by atomic mass is 15.0. The van der Waals surface area contributed by atoms with Crippen molar-refractivity contribution in [1.29, 1.82) is 0 Å². The number of rotatable bonds is 1. The van der Waals surface area contributed by atoms with Crippen molar-refractivity contribution in [2.45, 2.75) is 33.6 Å². The molecular formula is C10H18N4. The summed E-state index contributed by atoms with van der Waals surface area (Å²) >= 11 is 0. The maximum atomic E-state index is 5.61. The molecule has 4 nitrogen and oxygen atoms in total. The van der Waals surface area contributed by atoms with Gasteiger partial charge in [-0.2, -0.15) is 4.98 Å². The number of anilines is 2. The fraction of sp³-hybridized carbons (Fsp3) is 0.600. The van der Waals surface area contributed by atoms with Gasteiger partial charge in [-0.1, -0.05) is 27.7 Å². The minimum atomic E-state index is 0.146. The molecule has 0 aliphatic heterocycles. The van der Waals surface area contributed by atoms with Gasteiger partial charge >= 0.3 is 0 Å². The third kappa shape index (κ3) is 2.34. The lowest BCUT2D eigenvalue weighted by Crippen LogP contribution is -2.17. The van der Waals surface area contributed by atoms with Gasteiger partial charge in [0.05, 0.1) is 5.69 Å². The molecule has 0 aliphatic rings. The molecule has 1 unspecified atom stereocenters. The molecule has 4 N–H and O–H groups in total. The summed E-state index contributed by atoms with van der Waals surface area (Å²) in [5.41, 5.74) is 12.2. The minimum Gasteiger partial charge on any atom is -0.384 e. The molecule has 1 aromatic heterocycles. The smallest absolute Gasteiger partial charge is 0.222 e. The molecule has 1 rings (SSSR count). The quantitative estimate of drug-likeness (QED) is 0.714. The molecular weight excluding hydrogens is 176 g/mol. The van der Waals surface area contributed by atoms with Crippen LogP contribution in [0.15, 0.2) is 6.07 Å². The molecule has 0 saturated heterocycles. The van der Waals surface area contributed by atoms with Crippen LogP contribution in [-0.2, 0) is 0 Å². The van der Waals surface area contributed by atoms with Crippen molar-refractivity contribution in [3.05, 3.63) is 11.8 Å². The first-order valence-corrected chi connectivity index (χ1v) is 4.70. The number of hydrogen-bond acceptors (Lipinski definition) is 4. The molecule has 0 saturated carbocycles. The van der Waals surface area contributed by atoms with Crippen molar-refractivity contribution in [3.63, 3.8) is 0 Å². The van der Waals surface area contributed by atoms with Gasteiger partial charge in [-0.15, -0.1) is 0 Å². The standard InChI is InChI=1S/C10H18N4/c1-6(10(2,3)4)7-5-8(11)14-9(12)13-7/h5-6H,1-4H3,(H4,11,12,13,14). The van der Waals surface area contributed by atoms with E-state index in [1.807, 2.05) is 0 Å². The highest BCUT2D eigenvalue weighted by Crippen LogP contribution is 2.33. The molecule has 0 aliphatic carbocycles. The van der Waals surface area contributed by atoms with E-state index < -0.39 is 0 Å². The Morgan fingerprint density at radius 1 is 1.21 bits per heavy atom. The van der Waals surface area contributed by atoms with E-state index in [1.54, 1.807) is 6.07 Å². The summed E-state index contributed by atoms with van der Waals surface area (Å²) in [4.78, 5) is 8.03. The zero-order chi connectivity index (χ0) is 10.9. The second-order valence-corrected chi connectivity index (χ2v) is 4.66. The van der Waals surface area contributed by atoms with Gasteiger partial charge in [0.2, 0.25) is 5.95 Å². The Kier molecular flexibility index (Phi) is 2.64. The predicted molar refractivity (Wildman–Crippen MR) is 58.7 cm³/mol. The van der Waals surface area contributed by atoms with Crippen LogP contribution in [0.4, 0.5) is 11.8 Å². The second-order valence-electron chi connectivity index (χ2n) is 4.66. The Hall–Kier alpha value is -1.32. The van der Waals surface area contributed by atoms with Crippen LogP contribution in [0.5, 0.6) is 0 Å². The summed E-state index contributed by atoms with van der Waals surface area (Å²) in [5.74, 6) is 0.981. The highest BCUT2D eigenvalue weighted by Gasteiger charge is 2.23. The zero-order valence-corrected chi connectivity index (χ0v) is 9.20. The average Bonchev–Trinajstić information content (AvgIpc) is 1.99. The summed E-state index contributed by atoms with van der Waals surface area (Å²) in [7, 11) is 0. The summed E-state index contributed by atoms with van der Waals surface area (Å²) in [6, 6.07) is 1.78. The van der Waals surface area contributed by atoms with E-state index >= 15 is 0 Å². The van der Waals surface area contributed by atoms with E-state index in [2.05, 4.69) is 37.7 Å². The van der Waals surface area contributed by atoms with Crippen LogP contribution in [0.3, 0.4) is 0 Å². The van der Waals surface area contributed by atoms with Crippen molar-refractivity contribution in [2.24, 2.45) is 5.41 Å². The van der Waals surface area contributed by atoms with Crippen molar-refractivity contribution in [3.8, 4) is 0 Å². The van der Waals surface area contributed by atoms with Crippen molar-refractivity contribution >= 4 is 11.8 Å². The van der Waals surface area contributed by atoms with E-state index in [-0.39, 0.29) is 11.4 Å². The van der Waals surface area contributed by atoms with Gasteiger partial charge < -0.3 is 11.5 Å². The molecule has 78 valence electrons. The topological polar surface area (TPSA) is 77.8 Å². The van der Waals surface area contributed by atoms with Crippen molar-refractivity contribution in [2.75, 3.05) is 11.5 Å². The molecule has 0 bridgehead atoms. The average molecular weight is 194 g/mol. The maximum Gasteiger partial charge on any atom is 0.222 e. The Bertz CT molecular complexity index is 307. The van der Waals surface area contributed by atoms with Gasteiger partial charge in [-0.05, 0) is 5.41 Å². The summed E-state index contributed by atoms with van der Waals surface area (Å²) in [5, 5.41) is 0. The second kappa shape index (κ2) is 3.44. The van der Waals surface area contributed by atoms with E-state index in [9.17, 15) is 0 Å². The summed E-state index contributed by atoms with van der Waals surface area (Å²) in [6.07, 6.45) is 0. The molecule has 4 heteroatoms. The van der Waals surface area contributed by atoms with Crippen LogP contribution in [-0.4, -0.2) is 9.97 Å². The van der Waals surface area contributed by atoms with Crippen molar-refractivity contribution < 1.29 is 0 Å². The van der Waals surface area contributed by atoms with Gasteiger partial charge in [0, 0.05) is 12.0 Å². The Morgan fingerprint density at radius 3 is 2.21 bits per heavy atom. The van der Waals surface area contributed by atoms with E-state index in [1.165, 1.54) is 0 Å². The SMILES string of the molecule is CC(c1cc(N)nc(N)n1)C(C)(C)C. The zero-order valence-electron chi connectivity index (χ0n) is 9.20. The molecule has 1 aromatic rings. The molecule has 0 spiro atoms. The van der Waals surface area contributed by atoms with E-state index in [0.717, 1.165) is 5.69 Å². The first kappa shape index (κ1) is 10.8. The monoisotopic (exact) mass is 194 g/mol. The fourth-order valence-corrected chi connectivity index (χ4v) is 1.17. The Morgan fingerprint density at radius 2 is 1.79 bits per heavy atom. The number of nitrogens with two attached hydrogens (primary N) is 2. The first-order valence-electron chi connectivity index (χ1n) is 4.70. The lowest BCUT2D eigenvalue weighted by Gasteiger charge is -2.26. The minimum absolute atomic E-state index is 0.146. The van der Waals surface area contributed by atoms with Crippen LogP contribution in [0.2, 0.25) is 0 Å². The van der Waals surface area contributed by atoms with Crippen LogP contribution in [0, 0.1) is 5.41 Å². The maximum absolute atomic E-state index is 5.61. The van der Waals surface area contributed by atoms with Gasteiger partial charge in [0.15, 0.2) is 0 Å². The van der Waals surface area contributed by atoms with Gasteiger partial charge in [0.1, 0.15) is 5.82 Å². The number of hydrogen-bond donors (Lipinski definition) is 2. The van der Waals surface area contributed by atoms with Gasteiger partial charge in [-0.3, -0.25) is 0 Å². The Balaban J connectivity index is 3.07. The first-order chi connectivity index (χ1) is 6.30. The third-order valence-corrected chi connectivity index (χ3v) is 2.53. The number of nitrogens with zero attached hydrogens (tertiary/aromatic N) is 2. The molecule has 0 aromatic carbocycles. The van der Waals surface area contributed by atoms with E-state index in [0.29, 0.717) is 11.7 Å². The molecule has 1 heterocycles. The molecule has 1 atom stereocenters. The molecule has 0 radical (unpaired) electrons. The van der Waals surface area contributed by atoms with Crippen LogP contribution in [0.25, 0.3) is 0 Å². The van der Waals surface area contributed by atoms with Crippen LogP contribution >= 0.6 is 0 Å². The summed E-state index contributed by atoms with van der Waals surface area (Å²) in [6.45, 7) is 8.59. The van der Waals surface area contributed by atoms with Crippen LogP contribution < -0.4 is 11.5 Å². The van der Waals surface area contributed by atoms with Crippen LogP contribution in [0.1, 0.15) is 39.3 Å². The van der Waals surface area contributed by atoms with Crippen molar-refractivity contribution in [1.82, 2.24) is 9.97 Å². The molecule has 0 fully saturated rings. The lowest BCUT2D eigenvalue weighted by atomic mass is 9.80. The lowest BCUT2D eigenvalue weighted by molar-refractivity contribution is 0.334. The van der Waals surface area contributed by atoms with Gasteiger partial charge in [0.25, 0.3) is 0 Å².